The number of fused-ring (bicyclic) bond motifs is 2. The molecule has 4 aromatic rings. The summed E-state index contributed by atoms with van der Waals surface area (Å²) in [5.74, 6) is -8.06. The first-order chi connectivity index (χ1) is 51.5. The quantitative estimate of drug-likeness (QED) is 0.0221. The number of carboxylic acid groups (broad SMARTS) is 1. The first-order valence-corrected chi connectivity index (χ1v) is 38.4. The predicted molar refractivity (Wildman–Crippen MR) is 416 cm³/mol. The third-order valence-electron chi connectivity index (χ3n) is 18.6. The number of amides is 9. The highest BCUT2D eigenvalue weighted by atomic mass is 16.4. The number of carbonyl (C=O) groups excluding carboxylic acids is 9. The molecule has 0 aliphatic heterocycles. The lowest BCUT2D eigenvalue weighted by molar-refractivity contribution is -0.142. The van der Waals surface area contributed by atoms with Gasteiger partial charge in [0.15, 0.2) is 0 Å². The maximum Gasteiger partial charge on any atom is 0.326 e. The number of aliphatic carboxylic acids is 1. The van der Waals surface area contributed by atoms with Crippen molar-refractivity contribution in [2.24, 2.45) is 51.8 Å². The molecule has 0 saturated carbocycles. The van der Waals surface area contributed by atoms with Crippen molar-refractivity contribution in [3.05, 3.63) is 78.4 Å². The number of rotatable bonds is 57. The molecule has 31 heteroatoms. The van der Waals surface area contributed by atoms with Crippen molar-refractivity contribution in [3.8, 4) is 5.75 Å². The van der Waals surface area contributed by atoms with E-state index in [1.165, 1.54) is 24.3 Å². The monoisotopic (exact) mass is 1500 g/mol. The number of aromatic nitrogens is 1. The molecule has 4 rings (SSSR count). The number of nitrogens with zero attached hydrogens (tertiary/aromatic N) is 1. The van der Waals surface area contributed by atoms with Crippen molar-refractivity contribution in [1.29, 1.82) is 0 Å². The summed E-state index contributed by atoms with van der Waals surface area (Å²) < 4.78 is 0. The van der Waals surface area contributed by atoms with E-state index in [-0.39, 0.29) is 95.6 Å². The summed E-state index contributed by atoms with van der Waals surface area (Å²) in [4.78, 5) is 148. The first kappa shape index (κ1) is 90.7. The molecule has 1 aromatic heterocycles. The van der Waals surface area contributed by atoms with Gasteiger partial charge in [0.25, 0.3) is 0 Å². The van der Waals surface area contributed by atoms with Crippen molar-refractivity contribution in [2.75, 3.05) is 57.7 Å². The van der Waals surface area contributed by atoms with E-state index in [0.29, 0.717) is 141 Å². The van der Waals surface area contributed by atoms with Gasteiger partial charge in [-0.25, -0.2) is 9.78 Å². The van der Waals surface area contributed by atoms with Gasteiger partial charge in [-0.15, -0.1) is 0 Å². The van der Waals surface area contributed by atoms with Crippen LogP contribution >= 0.6 is 0 Å². The fourth-order valence-corrected chi connectivity index (χ4v) is 12.4. The van der Waals surface area contributed by atoms with E-state index >= 15 is 9.59 Å². The standard InChI is InChI=1S/C76H125N19O12/c1-49(2)47-64(75(105)93-62(33-13-21-45-83)74(104)95-65(76(106)107)48-50-35-37-51(96)38-36-50)94-73(103)63(34-14-22-46-85-66-52-23-3-5-26-55(52)86-56-27-6-4-24-53(56)66)92-72(102)61(32-12-20-44-82)91-71(101)60(31-11-19-43-81)90-70(100)59(30-10-18-42-80)89-69(99)58(29-9-17-41-79)88-68(98)57(28-8-16-40-78)87-67(97)54(84)25-7-15-39-77/h3-6,23-24,26-27,35-38,49,54,57-65,96H,7-22,25,28-34,39-48,77-84H2,1-2H3,(H,85,86)(H,87,97)(H,88,98)(H,89,99)(H,90,100)(H,91,101)(H,92,102)(H,93,105)(H,94,103)(H,95,104)(H,106,107)/t54-,57-,58-,59-,60-,61-,62-,63-,64-,65-/m0/s1. The van der Waals surface area contributed by atoms with Gasteiger partial charge in [0.2, 0.25) is 53.2 Å². The van der Waals surface area contributed by atoms with Crippen LogP contribution in [0.5, 0.6) is 5.75 Å². The Morgan fingerprint density at radius 1 is 0.355 bits per heavy atom. The minimum atomic E-state index is -1.42. The maximum atomic E-state index is 15.1. The summed E-state index contributed by atoms with van der Waals surface area (Å²) in [6.07, 6.45) is 8.05. The van der Waals surface area contributed by atoms with Crippen molar-refractivity contribution >= 4 is 86.6 Å². The minimum absolute atomic E-state index is 0.0293. The van der Waals surface area contributed by atoms with Crippen LogP contribution in [0.2, 0.25) is 0 Å². The van der Waals surface area contributed by atoms with Crippen LogP contribution in [0.1, 0.15) is 180 Å². The molecule has 0 bridgehead atoms. The Bertz CT molecular complexity index is 3320. The second-order valence-corrected chi connectivity index (χ2v) is 27.9. The number of aromatic hydroxyl groups is 1. The Balaban J connectivity index is 1.69. The molecule has 9 amide bonds. The molecule has 0 aliphatic rings. The van der Waals surface area contributed by atoms with E-state index in [0.717, 1.165) is 27.5 Å². The van der Waals surface area contributed by atoms with Crippen LogP contribution in [0.3, 0.4) is 0 Å². The van der Waals surface area contributed by atoms with E-state index in [2.05, 4.69) is 53.2 Å². The molecule has 0 radical (unpaired) electrons. The van der Waals surface area contributed by atoms with Crippen LogP contribution in [0.25, 0.3) is 21.8 Å². The number of phenols is 1. The van der Waals surface area contributed by atoms with Crippen LogP contribution in [-0.2, 0) is 54.4 Å². The zero-order valence-corrected chi connectivity index (χ0v) is 62.9. The highest BCUT2D eigenvalue weighted by Gasteiger charge is 2.36. The lowest BCUT2D eigenvalue weighted by Crippen LogP contribution is -2.60. The van der Waals surface area contributed by atoms with Crippen LogP contribution in [0.15, 0.2) is 72.8 Å². The van der Waals surface area contributed by atoms with Crippen LogP contribution in [0.4, 0.5) is 5.69 Å². The van der Waals surface area contributed by atoms with Gasteiger partial charge in [-0.05, 0) is 236 Å². The Hall–Kier alpha value is -8.69. The Morgan fingerprint density at radius 3 is 0.953 bits per heavy atom. The number of carbonyl (C=O) groups is 10. The third-order valence-corrected chi connectivity index (χ3v) is 18.6. The molecule has 0 saturated heterocycles. The number of nitrogens with one attached hydrogen (secondary N) is 10. The fourth-order valence-electron chi connectivity index (χ4n) is 12.4. The van der Waals surface area contributed by atoms with Crippen LogP contribution < -0.4 is 99.0 Å². The molecular weight excluding hydrogens is 1370 g/mol. The number of carboxylic acids is 1. The summed E-state index contributed by atoms with van der Waals surface area (Å²) in [6, 6.07) is 8.91. The SMILES string of the molecule is CC(C)C[C@H](NC(=O)[C@H](CCCCNc1c2ccccc2nc2ccccc12)NC(=O)[C@H](CCCCN)NC(=O)[C@H](CCCCN)NC(=O)[C@H](CCCCN)NC(=O)[C@H](CCCCN)NC(=O)[C@H](CCCCN)NC(=O)[C@@H](N)CCCCN)C(=O)N[C@@H](CCCCN)C(=O)N[C@@H](Cc1ccc(O)cc1)C(=O)O. The second kappa shape index (κ2) is 51.6. The maximum absolute atomic E-state index is 15.1. The molecule has 1 heterocycles. The van der Waals surface area contributed by atoms with Crippen LogP contribution in [0, 0.1) is 5.92 Å². The average molecular weight is 1500 g/mol. The van der Waals surface area contributed by atoms with Gasteiger partial charge in [0, 0.05) is 23.7 Å². The van der Waals surface area contributed by atoms with Gasteiger partial charge in [-0.2, -0.15) is 0 Å². The summed E-state index contributed by atoms with van der Waals surface area (Å²) in [6.45, 7) is 6.17. The van der Waals surface area contributed by atoms with Gasteiger partial charge < -0.3 is 109 Å². The number of nitrogens with two attached hydrogens (primary N) is 8. The molecule has 0 spiro atoms. The number of phenolic OH excluding ortho intramolecular Hbond substituents is 1. The molecule has 107 heavy (non-hydrogen) atoms. The number of hydrogen-bond donors (Lipinski definition) is 20. The molecule has 596 valence electrons. The molecule has 10 atom stereocenters. The summed E-state index contributed by atoms with van der Waals surface area (Å²) in [5.41, 5.74) is 50.1. The smallest absolute Gasteiger partial charge is 0.326 e. The molecule has 0 fully saturated rings. The molecule has 3 aromatic carbocycles. The van der Waals surface area contributed by atoms with E-state index in [9.17, 15) is 48.6 Å². The highest BCUT2D eigenvalue weighted by molar-refractivity contribution is 6.07. The lowest BCUT2D eigenvalue weighted by atomic mass is 10.00. The van der Waals surface area contributed by atoms with E-state index in [4.69, 9.17) is 50.9 Å². The summed E-state index contributed by atoms with van der Waals surface area (Å²) in [5, 5.41) is 50.7. The largest absolute Gasteiger partial charge is 0.508 e. The Labute approximate surface area is 629 Å². The van der Waals surface area contributed by atoms with Crippen molar-refractivity contribution in [3.63, 3.8) is 0 Å². The van der Waals surface area contributed by atoms with Crippen LogP contribution in [-0.4, -0.2) is 187 Å². The lowest BCUT2D eigenvalue weighted by Gasteiger charge is -2.29. The fraction of sp³-hybridized carbons (Fsp3) is 0.618. The number of hydrogen-bond acceptors (Lipinski definition) is 21. The predicted octanol–water partition coefficient (Wildman–Crippen LogP) is 1.64. The minimum Gasteiger partial charge on any atom is -0.508 e. The van der Waals surface area contributed by atoms with Crippen molar-refractivity contribution in [2.45, 2.75) is 241 Å². The normalized spacial score (nSPS) is 14.2. The van der Waals surface area contributed by atoms with E-state index in [1.54, 1.807) is 0 Å². The number of pyridine rings is 1. The number of para-hydroxylation sites is 2. The van der Waals surface area contributed by atoms with E-state index < -0.39 is 120 Å². The molecule has 0 aliphatic carbocycles. The molecule has 0 unspecified atom stereocenters. The van der Waals surface area contributed by atoms with Gasteiger partial charge in [0.05, 0.1) is 22.8 Å². The van der Waals surface area contributed by atoms with Gasteiger partial charge in [-0.3, -0.25) is 43.2 Å². The third kappa shape index (κ3) is 33.6. The topological polar surface area (TPSA) is 553 Å². The zero-order valence-electron chi connectivity index (χ0n) is 62.9. The number of anilines is 1. The second-order valence-electron chi connectivity index (χ2n) is 27.9. The number of unbranched alkanes of at least 4 members (excludes halogenated alkanes) is 8. The zero-order chi connectivity index (χ0) is 78.5. The van der Waals surface area contributed by atoms with Gasteiger partial charge in [-0.1, -0.05) is 68.8 Å². The van der Waals surface area contributed by atoms with Crippen molar-refractivity contribution in [1.82, 2.24) is 52.8 Å². The van der Waals surface area contributed by atoms with Gasteiger partial charge in [0.1, 0.15) is 60.1 Å². The molecule has 28 N–H and O–H groups in total. The molecular formula is C76H125N19O12. The Kier molecular flexibility index (Phi) is 43.7. The van der Waals surface area contributed by atoms with Gasteiger partial charge >= 0.3 is 5.97 Å². The molecule has 31 nitrogen and oxygen atoms in total. The summed E-state index contributed by atoms with van der Waals surface area (Å²) >= 11 is 0. The highest BCUT2D eigenvalue weighted by Crippen LogP contribution is 2.31. The summed E-state index contributed by atoms with van der Waals surface area (Å²) in [7, 11) is 0. The number of benzene rings is 3. The first-order valence-electron chi connectivity index (χ1n) is 38.4. The Morgan fingerprint density at radius 2 is 0.636 bits per heavy atom. The van der Waals surface area contributed by atoms with Crippen molar-refractivity contribution < 1.29 is 58.2 Å². The average Bonchev–Trinajstić information content (AvgIpc) is 0.777. The van der Waals surface area contributed by atoms with E-state index in [1.807, 2.05) is 62.4 Å².